The minimum Gasteiger partial charge on any atom is -0.351 e. The Bertz CT molecular complexity index is 1280. The van der Waals surface area contributed by atoms with E-state index in [4.69, 9.17) is 0 Å². The fraction of sp³-hybridized carbons (Fsp3) is 0.360. The molecule has 0 unspecified atom stereocenters. The zero-order valence-electron chi connectivity index (χ0n) is 18.9. The third kappa shape index (κ3) is 5.64. The first-order chi connectivity index (χ1) is 16.3. The van der Waals surface area contributed by atoms with E-state index in [1.54, 1.807) is 28.8 Å². The Morgan fingerprint density at radius 3 is 2.32 bits per heavy atom. The molecule has 2 aromatic carbocycles. The SMILES string of the molecule is O=C(CS(=O)(=O)c1cn(CC(=O)N2CCCCCC2)c2ccccc12)NCc1ccc(F)cc1. The number of hydrogen-bond donors (Lipinski definition) is 1. The fourth-order valence-electron chi connectivity index (χ4n) is 4.26. The van der Waals surface area contributed by atoms with Crippen molar-refractivity contribution in [2.24, 2.45) is 0 Å². The number of fused-ring (bicyclic) bond motifs is 1. The van der Waals surface area contributed by atoms with E-state index in [-0.39, 0.29) is 29.7 Å². The molecule has 1 aliphatic heterocycles. The molecule has 0 spiro atoms. The largest absolute Gasteiger partial charge is 0.351 e. The molecule has 2 heterocycles. The van der Waals surface area contributed by atoms with Crippen molar-refractivity contribution in [2.45, 2.75) is 43.7 Å². The van der Waals surface area contributed by atoms with Gasteiger partial charge in [0.05, 0.1) is 4.90 Å². The molecule has 7 nitrogen and oxygen atoms in total. The van der Waals surface area contributed by atoms with Crippen LogP contribution in [0.5, 0.6) is 0 Å². The van der Waals surface area contributed by atoms with Crippen molar-refractivity contribution >= 4 is 32.6 Å². The average Bonchev–Trinajstić information content (AvgIpc) is 2.98. The van der Waals surface area contributed by atoms with E-state index in [9.17, 15) is 22.4 Å². The monoisotopic (exact) mass is 485 g/mol. The van der Waals surface area contributed by atoms with Crippen molar-refractivity contribution in [1.82, 2.24) is 14.8 Å². The average molecular weight is 486 g/mol. The number of sulfone groups is 1. The van der Waals surface area contributed by atoms with Gasteiger partial charge in [-0.15, -0.1) is 0 Å². The summed E-state index contributed by atoms with van der Waals surface area (Å²) in [6.45, 7) is 1.59. The zero-order chi connectivity index (χ0) is 24.1. The van der Waals surface area contributed by atoms with E-state index < -0.39 is 21.5 Å². The highest BCUT2D eigenvalue weighted by molar-refractivity contribution is 7.92. The van der Waals surface area contributed by atoms with Crippen molar-refractivity contribution in [3.8, 4) is 0 Å². The lowest BCUT2D eigenvalue weighted by molar-refractivity contribution is -0.131. The quantitative estimate of drug-likeness (QED) is 0.556. The summed E-state index contributed by atoms with van der Waals surface area (Å²) in [5.74, 6) is -1.80. The molecule has 1 aliphatic rings. The van der Waals surface area contributed by atoms with Crippen LogP contribution in [-0.2, 0) is 32.5 Å². The Morgan fingerprint density at radius 2 is 1.62 bits per heavy atom. The first-order valence-electron chi connectivity index (χ1n) is 11.4. The van der Waals surface area contributed by atoms with Crippen molar-refractivity contribution in [3.63, 3.8) is 0 Å². The van der Waals surface area contributed by atoms with E-state index in [0.717, 1.165) is 38.8 Å². The predicted octanol–water partition coefficient (Wildman–Crippen LogP) is 3.27. The minimum atomic E-state index is -3.96. The second-order valence-electron chi connectivity index (χ2n) is 8.60. The van der Waals surface area contributed by atoms with Gasteiger partial charge in [-0.3, -0.25) is 9.59 Å². The van der Waals surface area contributed by atoms with E-state index in [0.29, 0.717) is 16.5 Å². The molecule has 180 valence electrons. The van der Waals surface area contributed by atoms with Crippen LogP contribution in [0.25, 0.3) is 10.9 Å². The molecule has 9 heteroatoms. The molecule has 4 rings (SSSR count). The van der Waals surface area contributed by atoms with E-state index in [1.807, 2.05) is 4.90 Å². The smallest absolute Gasteiger partial charge is 0.242 e. The molecule has 1 fully saturated rings. The number of carbonyl (C=O) groups excluding carboxylic acids is 2. The molecule has 0 saturated carbocycles. The lowest BCUT2D eigenvalue weighted by atomic mass is 10.2. The molecule has 0 bridgehead atoms. The van der Waals surface area contributed by atoms with E-state index in [1.165, 1.54) is 30.5 Å². The number of nitrogens with zero attached hydrogens (tertiary/aromatic N) is 2. The van der Waals surface area contributed by atoms with Gasteiger partial charge >= 0.3 is 0 Å². The minimum absolute atomic E-state index is 0.0312. The Kier molecular flexibility index (Phi) is 7.31. The fourth-order valence-corrected chi connectivity index (χ4v) is 5.66. The molecule has 3 aromatic rings. The number of rotatable bonds is 7. The van der Waals surface area contributed by atoms with Crippen molar-refractivity contribution in [2.75, 3.05) is 18.8 Å². The number of para-hydroxylation sites is 1. The van der Waals surface area contributed by atoms with Crippen LogP contribution in [0, 0.1) is 5.82 Å². The van der Waals surface area contributed by atoms with Gasteiger partial charge in [0.15, 0.2) is 9.84 Å². The highest BCUT2D eigenvalue weighted by Gasteiger charge is 2.25. The van der Waals surface area contributed by atoms with Gasteiger partial charge in [-0.2, -0.15) is 0 Å². The topological polar surface area (TPSA) is 88.5 Å². The summed E-state index contributed by atoms with van der Waals surface area (Å²) in [6.07, 6.45) is 5.64. The number of aromatic nitrogens is 1. The number of halogens is 1. The second kappa shape index (κ2) is 10.4. The van der Waals surface area contributed by atoms with Crippen LogP contribution < -0.4 is 5.32 Å². The van der Waals surface area contributed by atoms with Crippen molar-refractivity contribution in [3.05, 3.63) is 66.1 Å². The van der Waals surface area contributed by atoms with Gasteiger partial charge < -0.3 is 14.8 Å². The van der Waals surface area contributed by atoms with Crippen LogP contribution in [-0.4, -0.2) is 48.5 Å². The Morgan fingerprint density at radius 1 is 0.941 bits per heavy atom. The van der Waals surface area contributed by atoms with Crippen LogP contribution in [0.2, 0.25) is 0 Å². The summed E-state index contributed by atoms with van der Waals surface area (Å²) in [4.78, 5) is 27.2. The van der Waals surface area contributed by atoms with Crippen LogP contribution >= 0.6 is 0 Å². The van der Waals surface area contributed by atoms with Crippen molar-refractivity contribution in [1.29, 1.82) is 0 Å². The molecular weight excluding hydrogens is 457 g/mol. The maximum atomic E-state index is 13.1. The second-order valence-corrected chi connectivity index (χ2v) is 10.6. The van der Waals surface area contributed by atoms with Gasteiger partial charge in [0.1, 0.15) is 18.1 Å². The summed E-state index contributed by atoms with van der Waals surface area (Å²) in [6, 6.07) is 12.6. The number of carbonyl (C=O) groups is 2. The van der Waals surface area contributed by atoms with Gasteiger partial charge in [0.25, 0.3) is 0 Å². The summed E-state index contributed by atoms with van der Waals surface area (Å²) < 4.78 is 41.0. The van der Waals surface area contributed by atoms with Crippen LogP contribution in [0.4, 0.5) is 4.39 Å². The summed E-state index contributed by atoms with van der Waals surface area (Å²) in [7, 11) is -3.96. The Labute approximate surface area is 198 Å². The molecule has 0 atom stereocenters. The van der Waals surface area contributed by atoms with Crippen LogP contribution in [0.15, 0.2) is 59.6 Å². The molecule has 1 aromatic heterocycles. The first kappa shape index (κ1) is 23.9. The highest BCUT2D eigenvalue weighted by Crippen LogP contribution is 2.26. The summed E-state index contributed by atoms with van der Waals surface area (Å²) >= 11 is 0. The van der Waals surface area contributed by atoms with Gasteiger partial charge in [0, 0.05) is 36.7 Å². The van der Waals surface area contributed by atoms with Gasteiger partial charge in [0.2, 0.25) is 11.8 Å². The molecular formula is C25H28FN3O4S. The predicted molar refractivity (Wildman–Crippen MR) is 127 cm³/mol. The molecule has 2 amide bonds. The van der Waals surface area contributed by atoms with E-state index >= 15 is 0 Å². The number of likely N-dealkylation sites (tertiary alicyclic amines) is 1. The number of hydrogen-bond acceptors (Lipinski definition) is 4. The lowest BCUT2D eigenvalue weighted by Gasteiger charge is -2.20. The normalized spacial score (nSPS) is 14.7. The standard InChI is InChI=1S/C25H28FN3O4S/c26-20-11-9-19(10-12-20)15-27-24(30)18-34(32,33)23-16-29(22-8-4-3-7-21(22)23)17-25(31)28-13-5-1-2-6-14-28/h3-4,7-12,16H,1-2,5-6,13-15,17-18H2,(H,27,30). The third-order valence-electron chi connectivity index (χ3n) is 6.08. The molecule has 34 heavy (non-hydrogen) atoms. The van der Waals surface area contributed by atoms with Gasteiger partial charge in [-0.05, 0) is 36.6 Å². The van der Waals surface area contributed by atoms with Crippen LogP contribution in [0.1, 0.15) is 31.2 Å². The Hall–Kier alpha value is -3.20. The molecule has 0 aliphatic carbocycles. The summed E-state index contributed by atoms with van der Waals surface area (Å²) in [5.41, 5.74) is 1.30. The third-order valence-corrected chi connectivity index (χ3v) is 7.71. The van der Waals surface area contributed by atoms with Crippen LogP contribution in [0.3, 0.4) is 0 Å². The Balaban J connectivity index is 1.50. The first-order valence-corrected chi connectivity index (χ1v) is 13.1. The maximum Gasteiger partial charge on any atom is 0.242 e. The zero-order valence-corrected chi connectivity index (χ0v) is 19.7. The maximum absolute atomic E-state index is 13.1. The highest BCUT2D eigenvalue weighted by atomic mass is 32.2. The number of amides is 2. The summed E-state index contributed by atoms with van der Waals surface area (Å²) in [5, 5.41) is 3.06. The van der Waals surface area contributed by atoms with E-state index in [2.05, 4.69) is 5.32 Å². The van der Waals surface area contributed by atoms with Crippen molar-refractivity contribution < 1.29 is 22.4 Å². The van der Waals surface area contributed by atoms with Gasteiger partial charge in [-0.25, -0.2) is 12.8 Å². The molecule has 1 N–H and O–H groups in total. The number of nitrogens with one attached hydrogen (secondary N) is 1. The molecule has 0 radical (unpaired) electrons. The lowest BCUT2D eigenvalue weighted by Crippen LogP contribution is -2.34. The molecule has 1 saturated heterocycles. The van der Waals surface area contributed by atoms with Gasteiger partial charge in [-0.1, -0.05) is 43.2 Å². The number of benzene rings is 2.